The Morgan fingerprint density at radius 3 is 2.06 bits per heavy atom. The van der Waals surface area contributed by atoms with Crippen LogP contribution in [-0.4, -0.2) is 0 Å². The Morgan fingerprint density at radius 1 is 1.00 bits per heavy atom. The Hall–Kier alpha value is -1.43. The molecular weight excluding hydrogens is 232 g/mol. The normalized spacial score (nSPS) is 23.6. The Bertz CT molecular complexity index is 496. The summed E-state index contributed by atoms with van der Waals surface area (Å²) in [5.41, 5.74) is 0.131. The smallest absolute Gasteiger partial charge is 0.126 e. The molecule has 0 unspecified atom stereocenters. The fourth-order valence-electron chi connectivity index (χ4n) is 3.88. The largest absolute Gasteiger partial charge is 0.207 e. The van der Waals surface area contributed by atoms with Crippen molar-refractivity contribution in [3.8, 4) is 6.07 Å². The van der Waals surface area contributed by atoms with Gasteiger partial charge < -0.3 is 0 Å². The van der Waals surface area contributed by atoms with Crippen molar-refractivity contribution in [2.45, 2.75) is 43.9 Å². The number of halogens is 2. The average Bonchev–Trinajstić information content (AvgIpc) is 2.73. The maximum atomic E-state index is 13.3. The highest BCUT2D eigenvalue weighted by Crippen LogP contribution is 2.62. The van der Waals surface area contributed by atoms with Gasteiger partial charge in [-0.15, -0.1) is 0 Å². The molecule has 18 heavy (non-hydrogen) atoms. The highest BCUT2D eigenvalue weighted by atomic mass is 19.1. The van der Waals surface area contributed by atoms with Crippen LogP contribution in [0.5, 0.6) is 0 Å². The molecule has 0 saturated heterocycles. The van der Waals surface area contributed by atoms with Crippen molar-refractivity contribution in [3.63, 3.8) is 0 Å². The minimum absolute atomic E-state index is 0.276. The van der Waals surface area contributed by atoms with Crippen molar-refractivity contribution < 1.29 is 8.78 Å². The van der Waals surface area contributed by atoms with E-state index in [4.69, 9.17) is 0 Å². The molecule has 1 nitrogen and oxygen atoms in total. The van der Waals surface area contributed by atoms with Gasteiger partial charge >= 0.3 is 0 Å². The summed E-state index contributed by atoms with van der Waals surface area (Å²) >= 11 is 0. The van der Waals surface area contributed by atoms with Gasteiger partial charge in [0.15, 0.2) is 0 Å². The molecule has 3 heteroatoms. The van der Waals surface area contributed by atoms with Crippen LogP contribution in [-0.2, 0) is 5.41 Å². The predicted octanol–water partition coefficient (Wildman–Crippen LogP) is 4.08. The van der Waals surface area contributed by atoms with Crippen LogP contribution < -0.4 is 0 Å². The molecule has 0 heterocycles. The summed E-state index contributed by atoms with van der Waals surface area (Å²) in [7, 11) is 0. The SMILES string of the molecule is N#CC1(c2cc(F)cc(F)c2)CC2(CCCC2)C1. The Balaban J connectivity index is 1.92. The fraction of sp³-hybridized carbons (Fsp3) is 0.533. The molecule has 94 valence electrons. The number of rotatable bonds is 1. The van der Waals surface area contributed by atoms with E-state index in [0.717, 1.165) is 31.7 Å². The van der Waals surface area contributed by atoms with Crippen LogP contribution in [0.15, 0.2) is 18.2 Å². The topological polar surface area (TPSA) is 23.8 Å². The first-order valence-corrected chi connectivity index (χ1v) is 6.45. The van der Waals surface area contributed by atoms with Crippen molar-refractivity contribution in [1.29, 1.82) is 5.26 Å². The Kier molecular flexibility index (Phi) is 2.45. The van der Waals surface area contributed by atoms with Gasteiger partial charge in [0, 0.05) is 6.07 Å². The van der Waals surface area contributed by atoms with Crippen LogP contribution in [0.4, 0.5) is 8.78 Å². The zero-order valence-electron chi connectivity index (χ0n) is 10.2. The van der Waals surface area contributed by atoms with Crippen molar-refractivity contribution in [3.05, 3.63) is 35.4 Å². The first-order valence-electron chi connectivity index (χ1n) is 6.45. The lowest BCUT2D eigenvalue weighted by molar-refractivity contribution is 0.0644. The summed E-state index contributed by atoms with van der Waals surface area (Å²) in [6.07, 6.45) is 6.29. The second-order valence-electron chi connectivity index (χ2n) is 5.91. The first kappa shape index (κ1) is 11.6. The van der Waals surface area contributed by atoms with E-state index in [1.807, 2.05) is 0 Å². The number of nitriles is 1. The van der Waals surface area contributed by atoms with E-state index in [1.165, 1.54) is 25.0 Å². The van der Waals surface area contributed by atoms with E-state index in [-0.39, 0.29) is 5.41 Å². The van der Waals surface area contributed by atoms with Gasteiger partial charge in [-0.1, -0.05) is 12.8 Å². The lowest BCUT2D eigenvalue weighted by atomic mass is 9.50. The summed E-state index contributed by atoms with van der Waals surface area (Å²) in [5.74, 6) is -1.18. The molecule has 1 aromatic rings. The minimum atomic E-state index is -0.659. The molecule has 0 N–H and O–H groups in total. The monoisotopic (exact) mass is 247 g/mol. The molecule has 0 aromatic heterocycles. The summed E-state index contributed by atoms with van der Waals surface area (Å²) < 4.78 is 26.5. The second kappa shape index (κ2) is 3.78. The molecule has 0 atom stereocenters. The Labute approximate surface area is 105 Å². The molecule has 1 aromatic carbocycles. The molecule has 2 aliphatic rings. The van der Waals surface area contributed by atoms with Gasteiger partial charge in [-0.25, -0.2) is 8.78 Å². The molecule has 0 amide bonds. The minimum Gasteiger partial charge on any atom is -0.207 e. The first-order chi connectivity index (χ1) is 8.57. The van der Waals surface area contributed by atoms with Crippen LogP contribution in [0.2, 0.25) is 0 Å². The van der Waals surface area contributed by atoms with E-state index >= 15 is 0 Å². The quantitative estimate of drug-likeness (QED) is 0.733. The predicted molar refractivity (Wildman–Crippen MR) is 63.8 cm³/mol. The van der Waals surface area contributed by atoms with Crippen molar-refractivity contribution in [2.24, 2.45) is 5.41 Å². The van der Waals surface area contributed by atoms with E-state index < -0.39 is 17.0 Å². The molecule has 2 saturated carbocycles. The standard InChI is InChI=1S/C15H15F2N/c16-12-5-11(6-13(17)7-12)15(10-18)8-14(9-15)3-1-2-4-14/h5-7H,1-4,8-9H2. The van der Waals surface area contributed by atoms with Crippen LogP contribution >= 0.6 is 0 Å². The number of hydrogen-bond donors (Lipinski definition) is 0. The van der Waals surface area contributed by atoms with E-state index in [1.54, 1.807) is 0 Å². The molecular formula is C15H15F2N. The van der Waals surface area contributed by atoms with Crippen molar-refractivity contribution in [2.75, 3.05) is 0 Å². The Morgan fingerprint density at radius 2 is 1.56 bits per heavy atom. The third-order valence-corrected chi connectivity index (χ3v) is 4.65. The van der Waals surface area contributed by atoms with E-state index in [9.17, 15) is 14.0 Å². The summed E-state index contributed by atoms with van der Waals surface area (Å²) in [5, 5.41) is 9.42. The molecule has 1 spiro atoms. The highest BCUT2D eigenvalue weighted by molar-refractivity contribution is 5.38. The van der Waals surface area contributed by atoms with E-state index in [2.05, 4.69) is 6.07 Å². The molecule has 2 aliphatic carbocycles. The number of nitrogens with zero attached hydrogens (tertiary/aromatic N) is 1. The zero-order chi connectivity index (χ0) is 12.8. The van der Waals surface area contributed by atoms with Crippen LogP contribution in [0.1, 0.15) is 44.1 Å². The summed E-state index contributed by atoms with van der Waals surface area (Å²) in [6, 6.07) is 5.79. The van der Waals surface area contributed by atoms with E-state index in [0.29, 0.717) is 5.56 Å². The lowest BCUT2D eigenvalue weighted by Gasteiger charge is -2.51. The fourth-order valence-corrected chi connectivity index (χ4v) is 3.88. The number of hydrogen-bond acceptors (Lipinski definition) is 1. The maximum Gasteiger partial charge on any atom is 0.126 e. The lowest BCUT2D eigenvalue weighted by Crippen LogP contribution is -2.47. The molecule has 0 radical (unpaired) electrons. The molecule has 0 bridgehead atoms. The third kappa shape index (κ3) is 1.63. The summed E-state index contributed by atoms with van der Waals surface area (Å²) in [4.78, 5) is 0. The van der Waals surface area contributed by atoms with Crippen LogP contribution in [0.3, 0.4) is 0 Å². The molecule has 2 fully saturated rings. The van der Waals surface area contributed by atoms with Gasteiger partial charge in [-0.2, -0.15) is 5.26 Å². The molecule has 3 rings (SSSR count). The maximum absolute atomic E-state index is 13.3. The number of benzene rings is 1. The molecule has 0 aliphatic heterocycles. The van der Waals surface area contributed by atoms with Gasteiger partial charge in [0.05, 0.1) is 11.5 Å². The van der Waals surface area contributed by atoms with Gasteiger partial charge in [-0.05, 0) is 48.8 Å². The highest BCUT2D eigenvalue weighted by Gasteiger charge is 2.56. The zero-order valence-corrected chi connectivity index (χ0v) is 10.2. The van der Waals surface area contributed by atoms with Crippen molar-refractivity contribution in [1.82, 2.24) is 0 Å². The summed E-state index contributed by atoms with van der Waals surface area (Å²) in [6.45, 7) is 0. The van der Waals surface area contributed by atoms with Crippen LogP contribution in [0.25, 0.3) is 0 Å². The second-order valence-corrected chi connectivity index (χ2v) is 5.91. The van der Waals surface area contributed by atoms with Gasteiger partial charge in [-0.3, -0.25) is 0 Å². The van der Waals surface area contributed by atoms with Crippen LogP contribution in [0, 0.1) is 28.4 Å². The van der Waals surface area contributed by atoms with Gasteiger partial charge in [0.1, 0.15) is 11.6 Å². The van der Waals surface area contributed by atoms with Gasteiger partial charge in [0.2, 0.25) is 0 Å². The van der Waals surface area contributed by atoms with Crippen molar-refractivity contribution >= 4 is 0 Å². The average molecular weight is 247 g/mol. The third-order valence-electron chi connectivity index (χ3n) is 4.65. The van der Waals surface area contributed by atoms with Gasteiger partial charge in [0.25, 0.3) is 0 Å².